The van der Waals surface area contributed by atoms with E-state index in [1.165, 1.54) is 18.6 Å². The Labute approximate surface area is 199 Å². The van der Waals surface area contributed by atoms with Crippen LogP contribution in [0.2, 0.25) is 0 Å². The van der Waals surface area contributed by atoms with Gasteiger partial charge in [0.05, 0.1) is 16.9 Å². The normalized spacial score (nSPS) is 17.3. The van der Waals surface area contributed by atoms with Gasteiger partial charge in [-0.3, -0.25) is 0 Å². The summed E-state index contributed by atoms with van der Waals surface area (Å²) < 4.78 is 40.2. The van der Waals surface area contributed by atoms with Crippen LogP contribution in [0, 0.1) is 0 Å². The predicted molar refractivity (Wildman–Crippen MR) is 130 cm³/mol. The van der Waals surface area contributed by atoms with E-state index >= 15 is 0 Å². The molecule has 4 nitrogen and oxygen atoms in total. The van der Waals surface area contributed by atoms with Crippen LogP contribution in [-0.2, 0) is 6.18 Å². The molecule has 2 aliphatic heterocycles. The number of alkyl halides is 3. The fourth-order valence-electron chi connectivity index (χ4n) is 4.55. The molecular formula is C25H33F3N4S. The molecule has 4 rings (SSSR count). The van der Waals surface area contributed by atoms with E-state index in [2.05, 4.69) is 33.7 Å². The van der Waals surface area contributed by atoms with Gasteiger partial charge in [0.25, 0.3) is 0 Å². The Morgan fingerprint density at radius 1 is 0.818 bits per heavy atom. The summed E-state index contributed by atoms with van der Waals surface area (Å²) in [5.41, 5.74) is 1.08. The van der Waals surface area contributed by atoms with Crippen molar-refractivity contribution in [1.29, 1.82) is 0 Å². The molecule has 0 radical (unpaired) electrons. The molecule has 0 aliphatic carbocycles. The van der Waals surface area contributed by atoms with E-state index in [1.807, 2.05) is 24.3 Å². The van der Waals surface area contributed by atoms with Gasteiger partial charge in [0, 0.05) is 42.5 Å². The van der Waals surface area contributed by atoms with Crippen LogP contribution in [0.4, 0.5) is 24.5 Å². The first-order valence-electron chi connectivity index (χ1n) is 11.7. The number of para-hydroxylation sites is 1. The zero-order valence-corrected chi connectivity index (χ0v) is 20.3. The molecule has 1 saturated heterocycles. The lowest BCUT2D eigenvalue weighted by atomic mass is 10.1. The number of fused-ring (bicyclic) bond motifs is 2. The SMILES string of the molecule is CN(C)CCCN1CCN(CCCN2c3ccccc3Sc3ccc(C(F)(F)F)cc32)CC1. The Kier molecular flexibility index (Phi) is 7.89. The Morgan fingerprint density at radius 3 is 2.12 bits per heavy atom. The fourth-order valence-corrected chi connectivity index (χ4v) is 5.62. The lowest BCUT2D eigenvalue weighted by molar-refractivity contribution is -0.137. The van der Waals surface area contributed by atoms with E-state index in [0.717, 1.165) is 67.7 Å². The minimum Gasteiger partial charge on any atom is -0.340 e. The van der Waals surface area contributed by atoms with E-state index in [4.69, 9.17) is 0 Å². The molecule has 0 aromatic heterocycles. The number of rotatable bonds is 8. The van der Waals surface area contributed by atoms with Gasteiger partial charge in [0.2, 0.25) is 0 Å². The number of hydrogen-bond acceptors (Lipinski definition) is 5. The number of nitrogens with zero attached hydrogens (tertiary/aromatic N) is 4. The van der Waals surface area contributed by atoms with Crippen LogP contribution in [0.25, 0.3) is 0 Å². The van der Waals surface area contributed by atoms with Crippen molar-refractivity contribution in [3.63, 3.8) is 0 Å². The maximum Gasteiger partial charge on any atom is 0.416 e. The Hall–Kier alpha value is -1.74. The van der Waals surface area contributed by atoms with E-state index in [0.29, 0.717) is 12.2 Å². The second-order valence-corrected chi connectivity index (χ2v) is 10.2. The van der Waals surface area contributed by atoms with E-state index < -0.39 is 11.7 Å². The summed E-state index contributed by atoms with van der Waals surface area (Å²) in [7, 11) is 4.22. The molecule has 0 saturated carbocycles. The molecule has 2 aliphatic rings. The average molecular weight is 479 g/mol. The van der Waals surface area contributed by atoms with Crippen LogP contribution in [-0.4, -0.2) is 81.2 Å². The van der Waals surface area contributed by atoms with Crippen molar-refractivity contribution in [2.75, 3.05) is 71.4 Å². The summed E-state index contributed by atoms with van der Waals surface area (Å²) in [5.74, 6) is 0. The van der Waals surface area contributed by atoms with Crippen LogP contribution in [0.3, 0.4) is 0 Å². The van der Waals surface area contributed by atoms with Gasteiger partial charge in [-0.1, -0.05) is 23.9 Å². The fraction of sp³-hybridized carbons (Fsp3) is 0.520. The number of benzene rings is 2. The first kappa shape index (κ1) is 24.4. The van der Waals surface area contributed by atoms with Gasteiger partial charge in [0.1, 0.15) is 0 Å². The lowest BCUT2D eigenvalue weighted by Gasteiger charge is -2.36. The van der Waals surface area contributed by atoms with Gasteiger partial charge in [0.15, 0.2) is 0 Å². The van der Waals surface area contributed by atoms with E-state index in [9.17, 15) is 13.2 Å². The second-order valence-electron chi connectivity index (χ2n) is 9.10. The minimum absolute atomic E-state index is 0.586. The molecule has 0 unspecified atom stereocenters. The third-order valence-electron chi connectivity index (χ3n) is 6.35. The monoisotopic (exact) mass is 478 g/mol. The van der Waals surface area contributed by atoms with Gasteiger partial charge >= 0.3 is 6.18 Å². The zero-order chi connectivity index (χ0) is 23.4. The van der Waals surface area contributed by atoms with Gasteiger partial charge in [-0.05, 0) is 76.9 Å². The molecule has 0 N–H and O–H groups in total. The number of halogens is 3. The number of piperazine rings is 1. The smallest absolute Gasteiger partial charge is 0.340 e. The van der Waals surface area contributed by atoms with Crippen molar-refractivity contribution < 1.29 is 13.2 Å². The second kappa shape index (κ2) is 10.7. The van der Waals surface area contributed by atoms with Crippen LogP contribution in [0.1, 0.15) is 18.4 Å². The summed E-state index contributed by atoms with van der Waals surface area (Å²) >= 11 is 1.55. The highest BCUT2D eigenvalue weighted by Gasteiger charge is 2.33. The Balaban J connectivity index is 1.37. The first-order chi connectivity index (χ1) is 15.8. The van der Waals surface area contributed by atoms with Crippen molar-refractivity contribution >= 4 is 23.1 Å². The average Bonchev–Trinajstić information content (AvgIpc) is 2.78. The molecule has 1 fully saturated rings. The summed E-state index contributed by atoms with van der Waals surface area (Å²) in [5, 5.41) is 0. The summed E-state index contributed by atoms with van der Waals surface area (Å²) in [6, 6.07) is 12.1. The maximum absolute atomic E-state index is 13.4. The molecule has 0 atom stereocenters. The highest BCUT2D eigenvalue weighted by molar-refractivity contribution is 7.99. The molecular weight excluding hydrogens is 445 g/mol. The van der Waals surface area contributed by atoms with Crippen molar-refractivity contribution in [2.24, 2.45) is 0 Å². The molecule has 180 valence electrons. The van der Waals surface area contributed by atoms with Gasteiger partial charge in [-0.15, -0.1) is 0 Å². The highest BCUT2D eigenvalue weighted by Crippen LogP contribution is 2.49. The minimum atomic E-state index is -4.34. The predicted octanol–water partition coefficient (Wildman–Crippen LogP) is 5.27. The lowest BCUT2D eigenvalue weighted by Crippen LogP contribution is -2.47. The Bertz CT molecular complexity index is 926. The third-order valence-corrected chi connectivity index (χ3v) is 7.48. The van der Waals surface area contributed by atoms with E-state index in [1.54, 1.807) is 17.8 Å². The van der Waals surface area contributed by atoms with Crippen molar-refractivity contribution in [3.8, 4) is 0 Å². The van der Waals surface area contributed by atoms with E-state index in [-0.39, 0.29) is 0 Å². The van der Waals surface area contributed by atoms with Crippen LogP contribution < -0.4 is 4.90 Å². The van der Waals surface area contributed by atoms with Crippen LogP contribution >= 0.6 is 11.8 Å². The topological polar surface area (TPSA) is 13.0 Å². The van der Waals surface area contributed by atoms with Gasteiger partial charge in [-0.2, -0.15) is 13.2 Å². The molecule has 0 bridgehead atoms. The molecule has 2 aromatic rings. The molecule has 0 spiro atoms. The summed E-state index contributed by atoms with van der Waals surface area (Å²) in [6.07, 6.45) is -2.23. The standard InChI is InChI=1S/C25H33F3N4S/c1-29(2)11-5-12-30-15-17-31(18-16-30)13-6-14-32-21-7-3-4-8-23(21)33-24-10-9-20(19-22(24)32)25(26,27)28/h3-4,7-10,19H,5-6,11-18H2,1-2H3. The summed E-state index contributed by atoms with van der Waals surface area (Å²) in [4.78, 5) is 11.3. The number of anilines is 2. The van der Waals surface area contributed by atoms with Gasteiger partial charge in [-0.25, -0.2) is 0 Å². The molecule has 8 heteroatoms. The van der Waals surface area contributed by atoms with Crippen molar-refractivity contribution in [1.82, 2.24) is 14.7 Å². The quantitative estimate of drug-likeness (QED) is 0.511. The highest BCUT2D eigenvalue weighted by atomic mass is 32.2. The molecule has 2 aromatic carbocycles. The van der Waals surface area contributed by atoms with Gasteiger partial charge < -0.3 is 19.6 Å². The molecule has 33 heavy (non-hydrogen) atoms. The van der Waals surface area contributed by atoms with Crippen molar-refractivity contribution in [2.45, 2.75) is 28.8 Å². The maximum atomic E-state index is 13.4. The summed E-state index contributed by atoms with van der Waals surface area (Å²) in [6.45, 7) is 8.23. The van der Waals surface area contributed by atoms with Crippen LogP contribution in [0.5, 0.6) is 0 Å². The molecule has 2 heterocycles. The van der Waals surface area contributed by atoms with Crippen molar-refractivity contribution in [3.05, 3.63) is 48.0 Å². The Morgan fingerprint density at radius 2 is 1.45 bits per heavy atom. The zero-order valence-electron chi connectivity index (χ0n) is 19.4. The third kappa shape index (κ3) is 6.23. The molecule has 0 amide bonds. The first-order valence-corrected chi connectivity index (χ1v) is 12.5. The van der Waals surface area contributed by atoms with Crippen LogP contribution in [0.15, 0.2) is 52.3 Å². The largest absolute Gasteiger partial charge is 0.416 e. The number of hydrogen-bond donors (Lipinski definition) is 0.